The van der Waals surface area contributed by atoms with E-state index in [1.165, 1.54) is 0 Å². The lowest BCUT2D eigenvalue weighted by Gasteiger charge is -1.96. The van der Waals surface area contributed by atoms with Crippen molar-refractivity contribution in [1.82, 2.24) is 5.32 Å². The Morgan fingerprint density at radius 2 is 2.21 bits per heavy atom. The van der Waals surface area contributed by atoms with Gasteiger partial charge >= 0.3 is 5.97 Å². The van der Waals surface area contributed by atoms with E-state index in [0.717, 1.165) is 5.22 Å². The molecule has 0 saturated heterocycles. The van der Waals surface area contributed by atoms with Crippen LogP contribution < -0.4 is 15.8 Å². The minimum absolute atomic E-state index is 0.315. The summed E-state index contributed by atoms with van der Waals surface area (Å²) in [5.74, 6) is -0.907. The van der Waals surface area contributed by atoms with E-state index < -0.39 is 5.97 Å². The normalized spacial score (nSPS) is 12.9. The van der Waals surface area contributed by atoms with Crippen molar-refractivity contribution in [2.45, 2.75) is 0 Å². The van der Waals surface area contributed by atoms with Crippen LogP contribution in [0.4, 0.5) is 0 Å². The fourth-order valence-electron chi connectivity index (χ4n) is 1.41. The molecule has 3 heteroatoms. The molecule has 0 unspecified atom stereocenters. The summed E-state index contributed by atoms with van der Waals surface area (Å²) >= 11 is 0. The van der Waals surface area contributed by atoms with Gasteiger partial charge in [-0.3, -0.25) is 0 Å². The fourth-order valence-corrected chi connectivity index (χ4v) is 1.41. The summed E-state index contributed by atoms with van der Waals surface area (Å²) in [7, 11) is 0. The van der Waals surface area contributed by atoms with Gasteiger partial charge in [-0.2, -0.15) is 0 Å². The van der Waals surface area contributed by atoms with E-state index in [1.807, 2.05) is 18.2 Å². The van der Waals surface area contributed by atoms with Crippen molar-refractivity contribution in [3.63, 3.8) is 0 Å². The average Bonchev–Trinajstić information content (AvgIpc) is 2.41. The number of fused-ring (bicyclic) bond motifs is 1. The zero-order chi connectivity index (χ0) is 9.97. The van der Waals surface area contributed by atoms with Crippen molar-refractivity contribution in [2.24, 2.45) is 0 Å². The summed E-state index contributed by atoms with van der Waals surface area (Å²) in [6.45, 7) is 0. The van der Waals surface area contributed by atoms with Crippen LogP contribution in [-0.2, 0) is 0 Å². The van der Waals surface area contributed by atoms with E-state index in [2.05, 4.69) is 5.32 Å². The second kappa shape index (κ2) is 3.38. The zero-order valence-corrected chi connectivity index (χ0v) is 7.40. The lowest BCUT2D eigenvalue weighted by Crippen LogP contribution is -2.31. The Kier molecular flexibility index (Phi) is 2.07. The summed E-state index contributed by atoms with van der Waals surface area (Å²) in [5.41, 5.74) is 0.315. The minimum Gasteiger partial charge on any atom is -0.478 e. The van der Waals surface area contributed by atoms with E-state index >= 15 is 0 Å². The van der Waals surface area contributed by atoms with Crippen LogP contribution in [0.5, 0.6) is 0 Å². The van der Waals surface area contributed by atoms with E-state index in [1.54, 1.807) is 24.5 Å². The van der Waals surface area contributed by atoms with E-state index in [4.69, 9.17) is 5.11 Å². The minimum atomic E-state index is -0.907. The van der Waals surface area contributed by atoms with Gasteiger partial charge in [-0.25, -0.2) is 4.79 Å². The van der Waals surface area contributed by atoms with Crippen molar-refractivity contribution < 1.29 is 9.90 Å². The van der Waals surface area contributed by atoms with Crippen LogP contribution in [0.25, 0.3) is 12.3 Å². The first-order chi connectivity index (χ1) is 6.79. The molecule has 2 rings (SSSR count). The second-order valence-corrected chi connectivity index (χ2v) is 2.95. The number of aromatic carboxylic acids is 1. The number of rotatable bonds is 1. The molecule has 0 atom stereocenters. The Hall–Kier alpha value is -2.03. The van der Waals surface area contributed by atoms with Gasteiger partial charge in [0, 0.05) is 17.6 Å². The standard InChI is InChI=1S/C11H9NO2/c13-11(14)9-5-1-3-8-4-2-6-12-7-10(8)9/h1-7,12H,(H,13,14). The Labute approximate surface area is 80.7 Å². The van der Waals surface area contributed by atoms with Gasteiger partial charge in [0.15, 0.2) is 0 Å². The number of benzene rings is 1. The molecule has 0 fully saturated rings. The maximum Gasteiger partial charge on any atom is 0.336 e. The van der Waals surface area contributed by atoms with Crippen molar-refractivity contribution in [3.8, 4) is 0 Å². The third kappa shape index (κ3) is 1.40. The lowest BCUT2D eigenvalue weighted by atomic mass is 10.1. The van der Waals surface area contributed by atoms with E-state index in [-0.39, 0.29) is 0 Å². The Bertz CT molecular complexity index is 515. The third-order valence-electron chi connectivity index (χ3n) is 2.07. The molecule has 0 bridgehead atoms. The molecule has 3 nitrogen and oxygen atoms in total. The molecule has 70 valence electrons. The predicted molar refractivity (Wildman–Crippen MR) is 53.9 cm³/mol. The van der Waals surface area contributed by atoms with Crippen LogP contribution in [0.2, 0.25) is 0 Å². The topological polar surface area (TPSA) is 49.3 Å². The molecule has 1 aromatic rings. The highest BCUT2D eigenvalue weighted by Crippen LogP contribution is 1.89. The molecule has 0 amide bonds. The summed E-state index contributed by atoms with van der Waals surface area (Å²) in [5, 5.41) is 13.5. The highest BCUT2D eigenvalue weighted by Gasteiger charge is 2.04. The zero-order valence-electron chi connectivity index (χ0n) is 7.40. The monoisotopic (exact) mass is 187 g/mol. The Balaban J connectivity index is 2.82. The first-order valence-electron chi connectivity index (χ1n) is 4.24. The number of hydrogen-bond acceptors (Lipinski definition) is 2. The maximum absolute atomic E-state index is 10.9. The van der Waals surface area contributed by atoms with Crippen LogP contribution in [0, 0.1) is 0 Å². The quantitative estimate of drug-likeness (QED) is 0.651. The summed E-state index contributed by atoms with van der Waals surface area (Å²) in [6, 6.07) is 5.22. The number of carbonyl (C=O) groups is 1. The highest BCUT2D eigenvalue weighted by molar-refractivity contribution is 5.88. The fraction of sp³-hybridized carbons (Fsp3) is 0. The Morgan fingerprint density at radius 3 is 3.00 bits per heavy atom. The summed E-state index contributed by atoms with van der Waals surface area (Å²) in [4.78, 5) is 10.9. The van der Waals surface area contributed by atoms with Crippen molar-refractivity contribution >= 4 is 18.2 Å². The number of allylic oxidation sites excluding steroid dienone is 1. The number of carboxylic acid groups (broad SMARTS) is 1. The molecule has 2 N–H and O–H groups in total. The highest BCUT2D eigenvalue weighted by atomic mass is 16.4. The third-order valence-corrected chi connectivity index (χ3v) is 2.07. The van der Waals surface area contributed by atoms with Crippen LogP contribution in [-0.4, -0.2) is 11.1 Å². The van der Waals surface area contributed by atoms with Gasteiger partial charge in [-0.15, -0.1) is 0 Å². The van der Waals surface area contributed by atoms with Gasteiger partial charge in [0.05, 0.1) is 5.56 Å². The lowest BCUT2D eigenvalue weighted by molar-refractivity contribution is 0.0695. The molecule has 14 heavy (non-hydrogen) atoms. The van der Waals surface area contributed by atoms with E-state index in [9.17, 15) is 4.79 Å². The summed E-state index contributed by atoms with van der Waals surface area (Å²) < 4.78 is 0. The van der Waals surface area contributed by atoms with Crippen molar-refractivity contribution in [1.29, 1.82) is 0 Å². The molecule has 1 heterocycles. The van der Waals surface area contributed by atoms with Gasteiger partial charge in [0.2, 0.25) is 0 Å². The number of nitrogens with one attached hydrogen (secondary N) is 1. The van der Waals surface area contributed by atoms with Gasteiger partial charge in [-0.05, 0) is 17.4 Å². The van der Waals surface area contributed by atoms with Crippen molar-refractivity contribution in [2.75, 3.05) is 0 Å². The molecular weight excluding hydrogens is 178 g/mol. The van der Waals surface area contributed by atoms with Gasteiger partial charge in [0.25, 0.3) is 0 Å². The van der Waals surface area contributed by atoms with Gasteiger partial charge in [0.1, 0.15) is 0 Å². The molecular formula is C11H9NO2. The molecule has 1 aliphatic heterocycles. The largest absolute Gasteiger partial charge is 0.478 e. The van der Waals surface area contributed by atoms with Gasteiger partial charge in [-0.1, -0.05) is 18.2 Å². The van der Waals surface area contributed by atoms with Gasteiger partial charge < -0.3 is 10.4 Å². The first-order valence-corrected chi connectivity index (χ1v) is 4.24. The van der Waals surface area contributed by atoms with E-state index in [0.29, 0.717) is 10.8 Å². The van der Waals surface area contributed by atoms with Crippen LogP contribution in [0.15, 0.2) is 30.5 Å². The van der Waals surface area contributed by atoms with Crippen LogP contribution >= 0.6 is 0 Å². The second-order valence-electron chi connectivity index (χ2n) is 2.95. The maximum atomic E-state index is 10.9. The number of hydrogen-bond donors (Lipinski definition) is 2. The molecule has 0 spiro atoms. The molecule has 1 aliphatic rings. The first kappa shape index (κ1) is 8.56. The predicted octanol–water partition coefficient (Wildman–Crippen LogP) is 0.0202. The smallest absolute Gasteiger partial charge is 0.336 e. The summed E-state index contributed by atoms with van der Waals surface area (Å²) in [6.07, 6.45) is 7.16. The molecule has 0 aliphatic carbocycles. The van der Waals surface area contributed by atoms with Crippen LogP contribution in [0.1, 0.15) is 10.4 Å². The molecule has 0 saturated carbocycles. The number of carboxylic acids is 1. The molecule has 0 aromatic heterocycles. The Morgan fingerprint density at radius 1 is 1.36 bits per heavy atom. The molecule has 0 radical (unpaired) electrons. The molecule has 1 aromatic carbocycles. The SMILES string of the molecule is O=C(O)c1cccc2c1=CNC=CC=2. The van der Waals surface area contributed by atoms with Crippen LogP contribution in [0.3, 0.4) is 0 Å². The average molecular weight is 187 g/mol. The van der Waals surface area contributed by atoms with Crippen molar-refractivity contribution in [3.05, 3.63) is 46.5 Å².